The zero-order chi connectivity index (χ0) is 33.7. The Bertz CT molecular complexity index is 1680. The molecular weight excluding hydrogens is 599 g/mol. The smallest absolute Gasteiger partial charge is 0.448 e. The molecule has 1 amide bonds. The molecule has 6 rings (SSSR count). The fourth-order valence-electron chi connectivity index (χ4n) is 6.82. The van der Waals surface area contributed by atoms with Gasteiger partial charge >= 0.3 is 13.2 Å². The Labute approximate surface area is 282 Å². The quantitative estimate of drug-likeness (QED) is 0.223. The van der Waals surface area contributed by atoms with E-state index in [-0.39, 0.29) is 12.0 Å². The minimum absolute atomic E-state index is 0.0635. The summed E-state index contributed by atoms with van der Waals surface area (Å²) < 4.78 is 19.0. The van der Waals surface area contributed by atoms with Crippen molar-refractivity contribution in [2.45, 2.75) is 84.8 Å². The normalized spacial score (nSPS) is 18.8. The summed E-state index contributed by atoms with van der Waals surface area (Å²) >= 11 is 0. The maximum absolute atomic E-state index is 13.3. The number of rotatable bonds is 5. The molecule has 8 heteroatoms. The average Bonchev–Trinajstić information content (AvgIpc) is 3.45. The number of ether oxygens (including phenoxy) is 1. The molecular formula is C39H49BN2O4Si. The third-order valence-electron chi connectivity index (χ3n) is 10.4. The summed E-state index contributed by atoms with van der Waals surface area (Å²) in [6, 6.07) is 19.2. The molecule has 3 aliphatic rings. The number of carbonyl (C=O) groups is 1. The molecule has 2 heterocycles. The van der Waals surface area contributed by atoms with Crippen molar-refractivity contribution >= 4 is 26.7 Å². The van der Waals surface area contributed by atoms with Gasteiger partial charge in [0, 0.05) is 44.2 Å². The van der Waals surface area contributed by atoms with Gasteiger partial charge in [-0.25, -0.2) is 4.79 Å². The Kier molecular flexibility index (Phi) is 8.99. The highest BCUT2D eigenvalue weighted by Crippen LogP contribution is 2.44. The number of hydrogen-bond donors (Lipinski definition) is 0. The van der Waals surface area contributed by atoms with Crippen LogP contribution in [0.1, 0.15) is 67.0 Å². The fraction of sp³-hybridized carbons (Fsp3) is 0.462. The number of benzene rings is 3. The van der Waals surface area contributed by atoms with E-state index in [0.717, 1.165) is 36.2 Å². The second-order valence-electron chi connectivity index (χ2n) is 15.4. The average molecular weight is 649 g/mol. The monoisotopic (exact) mass is 648 g/mol. The van der Waals surface area contributed by atoms with E-state index < -0.39 is 26.4 Å². The maximum Gasteiger partial charge on any atom is 0.495 e. The fourth-order valence-corrected chi connectivity index (χ4v) is 7.32. The summed E-state index contributed by atoms with van der Waals surface area (Å²) in [6.45, 7) is 23.5. The van der Waals surface area contributed by atoms with Gasteiger partial charge in [0.1, 0.15) is 14.7 Å². The van der Waals surface area contributed by atoms with Crippen molar-refractivity contribution in [1.82, 2.24) is 9.80 Å². The zero-order valence-electron chi connectivity index (χ0n) is 29.6. The number of hydrogen-bond acceptors (Lipinski definition) is 5. The number of amides is 1. The Hall–Kier alpha value is -3.35. The van der Waals surface area contributed by atoms with E-state index in [1.54, 1.807) is 0 Å². The minimum atomic E-state index is -1.59. The molecule has 0 aromatic heterocycles. The highest BCUT2D eigenvalue weighted by atomic mass is 28.3. The molecule has 47 heavy (non-hydrogen) atoms. The van der Waals surface area contributed by atoms with E-state index >= 15 is 0 Å². The summed E-state index contributed by atoms with van der Waals surface area (Å²) in [6.07, 6.45) is -0.231. The topological polar surface area (TPSA) is 51.2 Å². The van der Waals surface area contributed by atoms with Crippen molar-refractivity contribution in [3.63, 3.8) is 0 Å². The van der Waals surface area contributed by atoms with Crippen LogP contribution in [-0.2, 0) is 20.6 Å². The van der Waals surface area contributed by atoms with Crippen LogP contribution in [0, 0.1) is 25.3 Å². The molecule has 3 aromatic rings. The van der Waals surface area contributed by atoms with Gasteiger partial charge in [0.05, 0.1) is 11.2 Å². The van der Waals surface area contributed by atoms with E-state index in [9.17, 15) is 4.79 Å². The number of fused-ring (bicyclic) bond motifs is 3. The first-order valence-electron chi connectivity index (χ1n) is 17.0. The second kappa shape index (κ2) is 12.6. The second-order valence-corrected chi connectivity index (χ2v) is 20.2. The third-order valence-corrected chi connectivity index (χ3v) is 11.3. The first-order valence-corrected chi connectivity index (χ1v) is 20.5. The van der Waals surface area contributed by atoms with Crippen LogP contribution < -0.4 is 5.46 Å². The minimum Gasteiger partial charge on any atom is -0.448 e. The SMILES string of the molecule is Cc1c(CN2CCN(C(=O)OCC3c4ccccc4-c4ccccc43)CC2)cc(B2OC(C)(C)C(C)(C)O2)c(C)c1C#C[Si](C)(C)C. The van der Waals surface area contributed by atoms with Gasteiger partial charge in [-0.3, -0.25) is 4.90 Å². The standard InChI is InChI=1S/C39H49BN2O4Si/c1-27-29(24-36(28(2)30(27)18-23-47(7,8)9)40-45-38(3,4)39(5,6)46-40)25-41-19-21-42(22-20-41)37(43)44-26-35-33-16-12-10-14-31(33)32-15-11-13-17-34(32)35/h10-17,24,35H,19-22,25-26H2,1-9H3. The zero-order valence-corrected chi connectivity index (χ0v) is 30.6. The van der Waals surface area contributed by atoms with E-state index in [2.05, 4.69) is 132 Å². The van der Waals surface area contributed by atoms with Gasteiger partial charge in [0.25, 0.3) is 0 Å². The molecule has 0 unspecified atom stereocenters. The van der Waals surface area contributed by atoms with E-state index in [0.29, 0.717) is 19.7 Å². The van der Waals surface area contributed by atoms with Gasteiger partial charge in [0.2, 0.25) is 0 Å². The lowest BCUT2D eigenvalue weighted by atomic mass is 9.73. The molecule has 3 aromatic carbocycles. The van der Waals surface area contributed by atoms with Crippen molar-refractivity contribution < 1.29 is 18.8 Å². The largest absolute Gasteiger partial charge is 0.495 e. The molecule has 0 spiro atoms. The van der Waals surface area contributed by atoms with Crippen LogP contribution in [0.5, 0.6) is 0 Å². The van der Waals surface area contributed by atoms with Crippen LogP contribution in [0.4, 0.5) is 4.79 Å². The van der Waals surface area contributed by atoms with Crippen molar-refractivity contribution in [1.29, 1.82) is 0 Å². The van der Waals surface area contributed by atoms with Crippen LogP contribution in [0.25, 0.3) is 11.1 Å². The maximum atomic E-state index is 13.3. The van der Waals surface area contributed by atoms with Gasteiger partial charge in [-0.1, -0.05) is 80.2 Å². The number of carbonyl (C=O) groups excluding carboxylic acids is 1. The first kappa shape index (κ1) is 33.5. The lowest BCUT2D eigenvalue weighted by Crippen LogP contribution is -2.48. The molecule has 2 aliphatic heterocycles. The van der Waals surface area contributed by atoms with Gasteiger partial charge < -0.3 is 18.9 Å². The van der Waals surface area contributed by atoms with Crippen LogP contribution in [0.15, 0.2) is 54.6 Å². The molecule has 6 nitrogen and oxygen atoms in total. The van der Waals surface area contributed by atoms with Crippen LogP contribution >= 0.6 is 0 Å². The Balaban J connectivity index is 1.14. The molecule has 2 saturated heterocycles. The molecule has 2 fully saturated rings. The summed E-state index contributed by atoms with van der Waals surface area (Å²) in [4.78, 5) is 17.6. The van der Waals surface area contributed by atoms with E-state index in [1.165, 1.54) is 33.4 Å². The predicted molar refractivity (Wildman–Crippen MR) is 194 cm³/mol. The van der Waals surface area contributed by atoms with E-state index in [4.69, 9.17) is 14.0 Å². The first-order chi connectivity index (χ1) is 22.1. The molecule has 0 atom stereocenters. The summed E-state index contributed by atoms with van der Waals surface area (Å²) in [7, 11) is -2.04. The molecule has 1 aliphatic carbocycles. The number of nitrogens with zero attached hydrogens (tertiary/aromatic N) is 2. The third kappa shape index (κ3) is 6.69. The van der Waals surface area contributed by atoms with Crippen molar-refractivity contribution in [2.75, 3.05) is 32.8 Å². The van der Waals surface area contributed by atoms with Crippen molar-refractivity contribution in [3.8, 4) is 22.6 Å². The summed E-state index contributed by atoms with van der Waals surface area (Å²) in [5, 5.41) is 0. The van der Waals surface area contributed by atoms with Gasteiger partial charge in [-0.2, -0.15) is 0 Å². The Morgan fingerprint density at radius 1 is 0.894 bits per heavy atom. The summed E-state index contributed by atoms with van der Waals surface area (Å²) in [5.74, 6) is 3.65. The Morgan fingerprint density at radius 3 is 2.00 bits per heavy atom. The lowest BCUT2D eigenvalue weighted by Gasteiger charge is -2.35. The molecule has 0 N–H and O–H groups in total. The summed E-state index contributed by atoms with van der Waals surface area (Å²) in [5.41, 5.74) is 13.4. The predicted octanol–water partition coefficient (Wildman–Crippen LogP) is 6.90. The van der Waals surface area contributed by atoms with Crippen LogP contribution in [0.3, 0.4) is 0 Å². The highest BCUT2D eigenvalue weighted by Gasteiger charge is 2.52. The molecule has 246 valence electrons. The van der Waals surface area contributed by atoms with Crippen molar-refractivity contribution in [2.24, 2.45) is 0 Å². The van der Waals surface area contributed by atoms with Crippen LogP contribution in [-0.4, -0.2) is 75.1 Å². The molecule has 0 bridgehead atoms. The molecule has 0 radical (unpaired) electrons. The molecule has 0 saturated carbocycles. The van der Waals surface area contributed by atoms with Crippen molar-refractivity contribution in [3.05, 3.63) is 88.0 Å². The van der Waals surface area contributed by atoms with E-state index in [1.807, 2.05) is 4.90 Å². The number of piperazine rings is 1. The highest BCUT2D eigenvalue weighted by molar-refractivity contribution is 6.83. The Morgan fingerprint density at radius 2 is 1.45 bits per heavy atom. The van der Waals surface area contributed by atoms with Gasteiger partial charge in [0.15, 0.2) is 0 Å². The van der Waals surface area contributed by atoms with Crippen LogP contribution in [0.2, 0.25) is 19.6 Å². The van der Waals surface area contributed by atoms with Gasteiger partial charge in [-0.05, 0) is 85.9 Å². The van der Waals surface area contributed by atoms with Gasteiger partial charge in [-0.15, -0.1) is 5.54 Å². The lowest BCUT2D eigenvalue weighted by molar-refractivity contribution is 0.00578.